The number of aryl methyl sites for hydroxylation is 1. The van der Waals surface area contributed by atoms with Crippen molar-refractivity contribution in [1.82, 2.24) is 5.32 Å². The van der Waals surface area contributed by atoms with Gasteiger partial charge >= 0.3 is 0 Å². The Morgan fingerprint density at radius 3 is 2.50 bits per heavy atom. The van der Waals surface area contributed by atoms with Gasteiger partial charge in [0, 0.05) is 12.7 Å². The number of hydrogen-bond acceptors (Lipinski definition) is 2. The average Bonchev–Trinajstić information content (AvgIpc) is 2.39. The average molecular weight is 269 g/mol. The molecule has 0 spiro atoms. The van der Waals surface area contributed by atoms with Gasteiger partial charge in [0.15, 0.2) is 0 Å². The minimum atomic E-state index is -0.00458. The van der Waals surface area contributed by atoms with Crippen LogP contribution in [-0.2, 0) is 4.79 Å². The van der Waals surface area contributed by atoms with Crippen LogP contribution in [0.1, 0.15) is 24.8 Å². The topological polar surface area (TPSA) is 32.3 Å². The summed E-state index contributed by atoms with van der Waals surface area (Å²) in [6.07, 6.45) is 3.28. The fraction of sp³-hybridized carbons (Fsp3) is 0.500. The Morgan fingerprint density at radius 1 is 1.28 bits per heavy atom. The molecule has 1 aromatic carbocycles. The predicted molar refractivity (Wildman–Crippen MR) is 77.5 cm³/mol. The Morgan fingerprint density at radius 2 is 1.94 bits per heavy atom. The number of rotatable bonds is 2. The molecule has 0 radical (unpaired) electrons. The van der Waals surface area contributed by atoms with Crippen LogP contribution < -0.4 is 10.2 Å². The minimum Gasteiger partial charge on any atom is -0.314 e. The van der Waals surface area contributed by atoms with E-state index in [0.29, 0.717) is 0 Å². The summed E-state index contributed by atoms with van der Waals surface area (Å²) < 4.78 is 0. The first-order valence-electron chi connectivity index (χ1n) is 6.26. The van der Waals surface area contributed by atoms with Gasteiger partial charge in [-0.05, 0) is 38.4 Å². The maximum Gasteiger partial charge on any atom is 0.243 e. The second-order valence-corrected chi connectivity index (χ2v) is 4.74. The molecule has 1 aromatic rings. The van der Waals surface area contributed by atoms with Crippen LogP contribution >= 0.6 is 12.4 Å². The van der Waals surface area contributed by atoms with Crippen LogP contribution in [0.15, 0.2) is 24.3 Å². The van der Waals surface area contributed by atoms with E-state index in [0.717, 1.165) is 25.1 Å². The summed E-state index contributed by atoms with van der Waals surface area (Å²) in [7, 11) is 1.85. The molecule has 1 aliphatic rings. The lowest BCUT2D eigenvalue weighted by Gasteiger charge is -2.27. The fourth-order valence-electron chi connectivity index (χ4n) is 2.19. The van der Waals surface area contributed by atoms with Crippen LogP contribution in [0, 0.1) is 6.92 Å². The summed E-state index contributed by atoms with van der Waals surface area (Å²) in [5.74, 6) is 0.175. The first-order chi connectivity index (χ1) is 8.18. The van der Waals surface area contributed by atoms with Gasteiger partial charge in [-0.3, -0.25) is 4.79 Å². The number of likely N-dealkylation sites (N-methyl/N-ethyl adjacent to an activating group) is 1. The molecule has 0 aliphatic carbocycles. The van der Waals surface area contributed by atoms with Crippen LogP contribution in [0.4, 0.5) is 5.69 Å². The first kappa shape index (κ1) is 15.0. The van der Waals surface area contributed by atoms with Crippen LogP contribution in [0.25, 0.3) is 0 Å². The van der Waals surface area contributed by atoms with Crippen molar-refractivity contribution in [2.75, 3.05) is 18.5 Å². The van der Waals surface area contributed by atoms with Gasteiger partial charge in [-0.1, -0.05) is 24.1 Å². The smallest absolute Gasteiger partial charge is 0.243 e. The second-order valence-electron chi connectivity index (χ2n) is 4.74. The lowest BCUT2D eigenvalue weighted by atomic mass is 10.0. The Bertz CT molecular complexity index is 385. The SMILES string of the molecule is Cc1ccc(N(C)C(=O)[C@H]2CCCCN2)cc1.Cl. The zero-order valence-corrected chi connectivity index (χ0v) is 11.8. The van der Waals surface area contributed by atoms with Gasteiger partial charge < -0.3 is 10.2 Å². The van der Waals surface area contributed by atoms with Crippen molar-refractivity contribution in [3.8, 4) is 0 Å². The number of carbonyl (C=O) groups excluding carboxylic acids is 1. The van der Waals surface area contributed by atoms with Crippen LogP contribution in [0.5, 0.6) is 0 Å². The van der Waals surface area contributed by atoms with E-state index in [1.807, 2.05) is 38.2 Å². The van der Waals surface area contributed by atoms with Gasteiger partial charge in [0.25, 0.3) is 0 Å². The molecule has 1 atom stereocenters. The van der Waals surface area contributed by atoms with Crippen molar-refractivity contribution in [1.29, 1.82) is 0 Å². The molecule has 0 saturated carbocycles. The quantitative estimate of drug-likeness (QED) is 0.894. The lowest BCUT2D eigenvalue weighted by Crippen LogP contribution is -2.47. The van der Waals surface area contributed by atoms with E-state index in [9.17, 15) is 4.79 Å². The Hall–Kier alpha value is -1.06. The van der Waals surface area contributed by atoms with Crippen molar-refractivity contribution >= 4 is 24.0 Å². The molecule has 100 valence electrons. The largest absolute Gasteiger partial charge is 0.314 e. The molecule has 18 heavy (non-hydrogen) atoms. The van der Waals surface area contributed by atoms with E-state index in [-0.39, 0.29) is 24.4 Å². The summed E-state index contributed by atoms with van der Waals surface area (Å²) in [6, 6.07) is 8.06. The summed E-state index contributed by atoms with van der Waals surface area (Å²) in [5, 5.41) is 3.29. The van der Waals surface area contributed by atoms with E-state index in [1.54, 1.807) is 4.90 Å². The highest BCUT2D eigenvalue weighted by Gasteiger charge is 2.24. The molecule has 2 rings (SSSR count). The molecule has 1 aliphatic heterocycles. The van der Waals surface area contributed by atoms with Crippen LogP contribution in [0.3, 0.4) is 0 Å². The number of halogens is 1. The first-order valence-corrected chi connectivity index (χ1v) is 6.26. The van der Waals surface area contributed by atoms with E-state index in [4.69, 9.17) is 0 Å². The highest BCUT2D eigenvalue weighted by atomic mass is 35.5. The zero-order valence-electron chi connectivity index (χ0n) is 11.0. The second kappa shape index (κ2) is 6.76. The number of nitrogens with zero attached hydrogens (tertiary/aromatic N) is 1. The number of anilines is 1. The third-order valence-electron chi connectivity index (χ3n) is 3.36. The van der Waals surface area contributed by atoms with E-state index < -0.39 is 0 Å². The van der Waals surface area contributed by atoms with Gasteiger partial charge in [-0.15, -0.1) is 12.4 Å². The molecule has 0 unspecified atom stereocenters. The number of amides is 1. The minimum absolute atomic E-state index is 0. The molecule has 0 aromatic heterocycles. The fourth-order valence-corrected chi connectivity index (χ4v) is 2.19. The molecule has 4 heteroatoms. The van der Waals surface area contributed by atoms with Gasteiger partial charge in [-0.25, -0.2) is 0 Å². The number of benzene rings is 1. The third kappa shape index (κ3) is 3.47. The molecule has 1 heterocycles. The van der Waals surface area contributed by atoms with Crippen molar-refractivity contribution < 1.29 is 4.79 Å². The standard InChI is InChI=1S/C14H20N2O.ClH/c1-11-6-8-12(9-7-11)16(2)14(17)13-5-3-4-10-15-13;/h6-9,13,15H,3-5,10H2,1-2H3;1H/t13-;/m1./s1. The van der Waals surface area contributed by atoms with Crippen molar-refractivity contribution in [2.24, 2.45) is 0 Å². The van der Waals surface area contributed by atoms with Crippen LogP contribution in [0.2, 0.25) is 0 Å². The molecule has 1 N–H and O–H groups in total. The predicted octanol–water partition coefficient (Wildman–Crippen LogP) is 2.52. The number of carbonyl (C=O) groups is 1. The number of hydrogen-bond donors (Lipinski definition) is 1. The maximum absolute atomic E-state index is 12.2. The van der Waals surface area contributed by atoms with Crippen molar-refractivity contribution in [3.63, 3.8) is 0 Å². The molecule has 0 bridgehead atoms. The molecular weight excluding hydrogens is 248 g/mol. The highest BCUT2D eigenvalue weighted by Crippen LogP contribution is 2.17. The van der Waals surface area contributed by atoms with Crippen molar-refractivity contribution in [3.05, 3.63) is 29.8 Å². The van der Waals surface area contributed by atoms with Gasteiger partial charge in [0.1, 0.15) is 0 Å². The molecule has 1 amide bonds. The molecule has 1 fully saturated rings. The normalized spacial score (nSPS) is 18.9. The van der Waals surface area contributed by atoms with Gasteiger partial charge in [0.05, 0.1) is 6.04 Å². The Labute approximate surface area is 115 Å². The third-order valence-corrected chi connectivity index (χ3v) is 3.36. The van der Waals surface area contributed by atoms with E-state index in [1.165, 1.54) is 12.0 Å². The van der Waals surface area contributed by atoms with E-state index >= 15 is 0 Å². The summed E-state index contributed by atoms with van der Waals surface area (Å²) >= 11 is 0. The lowest BCUT2D eigenvalue weighted by molar-refractivity contribution is -0.120. The monoisotopic (exact) mass is 268 g/mol. The number of piperidine rings is 1. The van der Waals surface area contributed by atoms with Crippen LogP contribution in [-0.4, -0.2) is 25.5 Å². The van der Waals surface area contributed by atoms with Gasteiger partial charge in [-0.2, -0.15) is 0 Å². The maximum atomic E-state index is 12.2. The summed E-state index contributed by atoms with van der Waals surface area (Å²) in [6.45, 7) is 3.01. The summed E-state index contributed by atoms with van der Waals surface area (Å²) in [4.78, 5) is 14.0. The zero-order chi connectivity index (χ0) is 12.3. The molecule has 3 nitrogen and oxygen atoms in total. The summed E-state index contributed by atoms with van der Waals surface area (Å²) in [5.41, 5.74) is 2.18. The van der Waals surface area contributed by atoms with E-state index in [2.05, 4.69) is 5.32 Å². The molecule has 1 saturated heterocycles. The Balaban J connectivity index is 0.00000162. The Kier molecular flexibility index (Phi) is 5.63. The van der Waals surface area contributed by atoms with Gasteiger partial charge in [0.2, 0.25) is 5.91 Å². The molecular formula is C14H21ClN2O. The number of nitrogens with one attached hydrogen (secondary N) is 1. The highest BCUT2D eigenvalue weighted by molar-refractivity contribution is 5.96. The van der Waals surface area contributed by atoms with Crippen molar-refractivity contribution in [2.45, 2.75) is 32.2 Å².